The summed E-state index contributed by atoms with van der Waals surface area (Å²) < 4.78 is 12.3. The van der Waals surface area contributed by atoms with Crippen LogP contribution in [-0.2, 0) is 32.4 Å². The summed E-state index contributed by atoms with van der Waals surface area (Å²) >= 11 is 8.00. The highest BCUT2D eigenvalue weighted by atomic mass is 35.5. The molecule has 5 nitrogen and oxygen atoms in total. The monoisotopic (exact) mass is 598 g/mol. The summed E-state index contributed by atoms with van der Waals surface area (Å²) in [5.41, 5.74) is 5.62. The molecule has 1 amide bonds. The van der Waals surface area contributed by atoms with E-state index >= 15 is 0 Å². The van der Waals surface area contributed by atoms with E-state index in [2.05, 4.69) is 11.9 Å². The number of amides is 1. The van der Waals surface area contributed by atoms with Gasteiger partial charge >= 0.3 is 0 Å². The van der Waals surface area contributed by atoms with E-state index in [1.807, 2.05) is 85.9 Å². The predicted molar refractivity (Wildman–Crippen MR) is 173 cm³/mol. The highest BCUT2D eigenvalue weighted by Gasteiger charge is 2.25. The number of rotatable bonds is 12. The lowest BCUT2D eigenvalue weighted by atomic mass is 9.95. The molecule has 1 aromatic heterocycles. The van der Waals surface area contributed by atoms with Crippen molar-refractivity contribution in [2.75, 3.05) is 6.61 Å². The average molecular weight is 599 g/mol. The van der Waals surface area contributed by atoms with Gasteiger partial charge in [0, 0.05) is 33.8 Å². The second kappa shape index (κ2) is 14.3. The van der Waals surface area contributed by atoms with Crippen LogP contribution in [0.1, 0.15) is 62.8 Å². The molecule has 0 fully saturated rings. The number of benzene rings is 3. The first-order valence-electron chi connectivity index (χ1n) is 14.3. The number of hydrogen-bond acceptors (Lipinski definition) is 5. The molecule has 0 spiro atoms. The van der Waals surface area contributed by atoms with E-state index in [0.717, 1.165) is 58.5 Å². The number of aliphatic imine (C=N–C) groups is 1. The van der Waals surface area contributed by atoms with Gasteiger partial charge in [-0.25, -0.2) is 4.99 Å². The van der Waals surface area contributed by atoms with Crippen LogP contribution in [0.15, 0.2) is 84.4 Å². The number of thiophene rings is 1. The van der Waals surface area contributed by atoms with Crippen molar-refractivity contribution in [1.82, 2.24) is 5.32 Å². The van der Waals surface area contributed by atoms with Gasteiger partial charge in [0.25, 0.3) is 5.91 Å². The van der Waals surface area contributed by atoms with Gasteiger partial charge in [-0.05, 0) is 73.9 Å². The van der Waals surface area contributed by atoms with Gasteiger partial charge in [-0.3, -0.25) is 4.79 Å². The average Bonchev–Trinajstić information content (AvgIpc) is 3.38. The topological polar surface area (TPSA) is 59.9 Å². The zero-order valence-electron chi connectivity index (χ0n) is 23.8. The van der Waals surface area contributed by atoms with Crippen LogP contribution in [0.25, 0.3) is 0 Å². The standard InChI is InChI=1S/C35H35ClN2O3S/c1-3-12-26-19-25(20-30(40-4-2)33(26)41-23-27-15-8-10-17-29(27)36)22-38-35-32(28-16-9-11-18-31(28)42-35)34(39)37-21-24-13-6-5-7-14-24/h3,5-8,10,13-15,17,19-20,22H,1,4,9,11-12,16,18,21,23H2,2H3,(H,37,39). The number of ether oxygens (including phenoxy) is 2. The summed E-state index contributed by atoms with van der Waals surface area (Å²) in [5.74, 6) is 1.23. The smallest absolute Gasteiger partial charge is 0.254 e. The molecule has 1 aliphatic rings. The van der Waals surface area contributed by atoms with E-state index < -0.39 is 0 Å². The first-order chi connectivity index (χ1) is 20.6. The Hall–Kier alpha value is -3.87. The third-order valence-electron chi connectivity index (χ3n) is 7.15. The van der Waals surface area contributed by atoms with E-state index in [1.54, 1.807) is 11.3 Å². The fraction of sp³-hybridized carbons (Fsp3) is 0.257. The Balaban J connectivity index is 1.44. The summed E-state index contributed by atoms with van der Waals surface area (Å²) in [5, 5.41) is 4.52. The fourth-order valence-corrected chi connectivity index (χ4v) is 6.55. The van der Waals surface area contributed by atoms with Crippen LogP contribution in [0.5, 0.6) is 11.5 Å². The zero-order chi connectivity index (χ0) is 29.3. The zero-order valence-corrected chi connectivity index (χ0v) is 25.4. The largest absolute Gasteiger partial charge is 0.490 e. The van der Waals surface area contributed by atoms with Crippen LogP contribution in [0.4, 0.5) is 5.00 Å². The second-order valence-electron chi connectivity index (χ2n) is 10.1. The predicted octanol–water partition coefficient (Wildman–Crippen LogP) is 8.67. The van der Waals surface area contributed by atoms with E-state index in [-0.39, 0.29) is 5.91 Å². The van der Waals surface area contributed by atoms with E-state index in [0.29, 0.717) is 48.3 Å². The number of hydrogen-bond donors (Lipinski definition) is 1. The molecule has 1 aliphatic carbocycles. The number of allylic oxidation sites excluding steroid dienone is 1. The summed E-state index contributed by atoms with van der Waals surface area (Å²) in [4.78, 5) is 19.6. The quantitative estimate of drug-likeness (QED) is 0.131. The van der Waals surface area contributed by atoms with Crippen molar-refractivity contribution in [3.05, 3.63) is 123 Å². The van der Waals surface area contributed by atoms with Crippen molar-refractivity contribution in [2.24, 2.45) is 4.99 Å². The Kier molecular flexibility index (Phi) is 10.1. The van der Waals surface area contributed by atoms with Crippen molar-refractivity contribution in [3.8, 4) is 11.5 Å². The lowest BCUT2D eigenvalue weighted by Gasteiger charge is -2.17. The van der Waals surface area contributed by atoms with Crippen molar-refractivity contribution in [1.29, 1.82) is 0 Å². The molecule has 0 saturated carbocycles. The maximum Gasteiger partial charge on any atom is 0.254 e. The normalized spacial score (nSPS) is 12.6. The van der Waals surface area contributed by atoms with Gasteiger partial charge < -0.3 is 14.8 Å². The van der Waals surface area contributed by atoms with Crippen molar-refractivity contribution >= 4 is 40.1 Å². The molecule has 3 aromatic carbocycles. The molecule has 5 rings (SSSR count). The van der Waals surface area contributed by atoms with Gasteiger partial charge in [0.1, 0.15) is 11.6 Å². The number of carbonyl (C=O) groups excluding carboxylic acids is 1. The molecule has 0 aliphatic heterocycles. The van der Waals surface area contributed by atoms with Crippen LogP contribution in [-0.4, -0.2) is 18.7 Å². The Bertz CT molecular complexity index is 1580. The Morgan fingerprint density at radius 1 is 1.05 bits per heavy atom. The molecule has 0 bridgehead atoms. The summed E-state index contributed by atoms with van der Waals surface area (Å²) in [6, 6.07) is 21.6. The Morgan fingerprint density at radius 2 is 1.83 bits per heavy atom. The summed E-state index contributed by atoms with van der Waals surface area (Å²) in [7, 11) is 0. The van der Waals surface area contributed by atoms with E-state index in [4.69, 9.17) is 26.1 Å². The Labute approximate surface area is 256 Å². The molecule has 0 saturated heterocycles. The fourth-order valence-electron chi connectivity index (χ4n) is 5.13. The highest BCUT2D eigenvalue weighted by Crippen LogP contribution is 2.40. The Morgan fingerprint density at radius 3 is 2.62 bits per heavy atom. The van der Waals surface area contributed by atoms with Gasteiger partial charge in [-0.15, -0.1) is 17.9 Å². The minimum absolute atomic E-state index is 0.0731. The van der Waals surface area contributed by atoms with Gasteiger partial charge in [0.15, 0.2) is 11.5 Å². The van der Waals surface area contributed by atoms with Gasteiger partial charge in [0.05, 0.1) is 12.2 Å². The van der Waals surface area contributed by atoms with Gasteiger partial charge in [0.2, 0.25) is 0 Å². The maximum atomic E-state index is 13.5. The third-order valence-corrected chi connectivity index (χ3v) is 8.72. The van der Waals surface area contributed by atoms with Gasteiger partial charge in [-0.2, -0.15) is 0 Å². The van der Waals surface area contributed by atoms with E-state index in [1.165, 1.54) is 4.88 Å². The van der Waals surface area contributed by atoms with Crippen molar-refractivity contribution in [2.45, 2.75) is 52.2 Å². The molecule has 0 radical (unpaired) electrons. The number of aryl methyl sites for hydroxylation is 1. The van der Waals surface area contributed by atoms with Crippen LogP contribution < -0.4 is 14.8 Å². The second-order valence-corrected chi connectivity index (χ2v) is 11.6. The first kappa shape index (κ1) is 29.6. The summed E-state index contributed by atoms with van der Waals surface area (Å²) in [6.45, 7) is 7.17. The minimum atomic E-state index is -0.0731. The number of fused-ring (bicyclic) bond motifs is 1. The molecule has 0 unspecified atom stereocenters. The van der Waals surface area contributed by atoms with Crippen LogP contribution >= 0.6 is 22.9 Å². The number of nitrogens with zero attached hydrogens (tertiary/aromatic N) is 1. The SMILES string of the molecule is C=CCc1cc(C=Nc2sc3c(c2C(=O)NCc2ccccc2)CCCC3)cc(OCC)c1OCc1ccccc1Cl. The first-order valence-corrected chi connectivity index (χ1v) is 15.5. The van der Waals surface area contributed by atoms with Gasteiger partial charge in [-0.1, -0.05) is 66.2 Å². The summed E-state index contributed by atoms with van der Waals surface area (Å²) in [6.07, 6.45) is 8.38. The van der Waals surface area contributed by atoms with Crippen molar-refractivity contribution in [3.63, 3.8) is 0 Å². The maximum absolute atomic E-state index is 13.5. The molecule has 0 atom stereocenters. The van der Waals surface area contributed by atoms with Crippen LogP contribution in [0.3, 0.4) is 0 Å². The molecule has 7 heteroatoms. The van der Waals surface area contributed by atoms with E-state index in [9.17, 15) is 4.79 Å². The molecule has 216 valence electrons. The lowest BCUT2D eigenvalue weighted by molar-refractivity contribution is 0.0951. The van der Waals surface area contributed by atoms with Crippen molar-refractivity contribution < 1.29 is 14.3 Å². The number of nitrogens with one attached hydrogen (secondary N) is 1. The van der Waals surface area contributed by atoms with Crippen LogP contribution in [0.2, 0.25) is 5.02 Å². The number of halogens is 1. The number of carbonyl (C=O) groups is 1. The molecular formula is C35H35ClN2O3S. The molecule has 42 heavy (non-hydrogen) atoms. The molecule has 1 N–H and O–H groups in total. The molecule has 1 heterocycles. The third kappa shape index (κ3) is 7.12. The molecular weight excluding hydrogens is 564 g/mol. The molecule has 4 aromatic rings. The highest BCUT2D eigenvalue weighted by molar-refractivity contribution is 7.16. The van der Waals surface area contributed by atoms with Crippen LogP contribution in [0, 0.1) is 0 Å². The minimum Gasteiger partial charge on any atom is -0.490 e. The lowest BCUT2D eigenvalue weighted by Crippen LogP contribution is -2.24.